The van der Waals surface area contributed by atoms with E-state index in [0.29, 0.717) is 5.54 Å². The van der Waals surface area contributed by atoms with Crippen LogP contribution in [0.25, 0.3) is 0 Å². The number of benzene rings is 3. The first-order chi connectivity index (χ1) is 32.5. The summed E-state index contributed by atoms with van der Waals surface area (Å²) in [6, 6.07) is 24.6. The summed E-state index contributed by atoms with van der Waals surface area (Å²) < 4.78 is 0. The topological polar surface area (TPSA) is 78.1 Å². The lowest BCUT2D eigenvalue weighted by Gasteiger charge is -2.39. The van der Waals surface area contributed by atoms with Gasteiger partial charge in [0.1, 0.15) is 0 Å². The van der Waals surface area contributed by atoms with Gasteiger partial charge in [0.25, 0.3) is 0 Å². The van der Waals surface area contributed by atoms with Gasteiger partial charge in [-0.2, -0.15) is 0 Å². The second kappa shape index (κ2) is 40.2. The Morgan fingerprint density at radius 1 is 0.288 bits per heavy atom. The molecule has 3 aromatic rings. The highest BCUT2D eigenvalue weighted by atomic mass is 28.3. The molecular weight excluding hydrogens is 815 g/mol. The van der Waals surface area contributed by atoms with E-state index >= 15 is 0 Å². The Morgan fingerprint density at radius 2 is 0.485 bits per heavy atom. The molecule has 0 heterocycles. The lowest BCUT2D eigenvalue weighted by atomic mass is 10.00. The van der Waals surface area contributed by atoms with Gasteiger partial charge in [0.05, 0.1) is 0 Å². The molecule has 0 spiro atoms. The molecule has 374 valence electrons. The van der Waals surface area contributed by atoms with Crippen LogP contribution >= 0.6 is 0 Å². The van der Waals surface area contributed by atoms with Gasteiger partial charge in [-0.15, -0.1) is 0 Å². The minimum atomic E-state index is -2.68. The molecule has 1 aliphatic carbocycles. The second-order valence-corrected chi connectivity index (χ2v) is 23.1. The molecule has 0 bridgehead atoms. The fraction of sp³-hybridized carbons (Fsp3) is 0.645. The van der Waals surface area contributed by atoms with Crippen molar-refractivity contribution in [3.8, 4) is 0 Å². The largest absolute Gasteiger partial charge is 0.333 e. The highest BCUT2D eigenvalue weighted by molar-refractivity contribution is 7.13. The molecule has 0 atom stereocenters. The Labute approximate surface area is 412 Å². The lowest BCUT2D eigenvalue weighted by molar-refractivity contribution is 0.661. The van der Waals surface area contributed by atoms with Crippen LogP contribution < -0.4 is 32.8 Å². The van der Waals surface area contributed by atoms with Crippen molar-refractivity contribution in [2.24, 2.45) is 17.2 Å². The van der Waals surface area contributed by atoms with Crippen molar-refractivity contribution in [3.05, 3.63) is 112 Å². The third-order valence-corrected chi connectivity index (χ3v) is 18.7. The predicted octanol–water partition coefficient (Wildman–Crippen LogP) is 15.1. The molecule has 4 rings (SSSR count). The number of unbranched alkanes of at least 4 members (excludes halogenated alkanes) is 18. The molecule has 4 heteroatoms. The first kappa shape index (κ1) is 61.3. The summed E-state index contributed by atoms with van der Waals surface area (Å²) in [6.45, 7) is 14.1. The predicted molar refractivity (Wildman–Crippen MR) is 303 cm³/mol. The van der Waals surface area contributed by atoms with E-state index in [1.54, 1.807) is 48.9 Å². The second-order valence-electron chi connectivity index (χ2n) is 19.1. The zero-order chi connectivity index (χ0) is 48.7. The Balaban J connectivity index is 0.00000348. The maximum Gasteiger partial charge on any atom is 0.158 e. The molecule has 0 aliphatic heterocycles. The summed E-state index contributed by atoms with van der Waals surface area (Å²) >= 11 is 0. The first-order valence-corrected chi connectivity index (χ1v) is 30.1. The Kier molecular flexibility index (Phi) is 37.3. The van der Waals surface area contributed by atoms with Crippen molar-refractivity contribution < 1.29 is 0 Å². The van der Waals surface area contributed by atoms with Gasteiger partial charge in [0, 0.05) is 5.54 Å². The van der Waals surface area contributed by atoms with Gasteiger partial charge in [-0.05, 0) is 147 Å². The highest BCUT2D eigenvalue weighted by Crippen LogP contribution is 2.32. The van der Waals surface area contributed by atoms with E-state index in [1.165, 1.54) is 214 Å². The SMILES string of the molecule is CCCCCCc1cc(CCCCCC)cc([Si](c2cc(CCCCCC)cc(CCCCCC)c2)(c2cc(CCCCCC)cc(CCCCCC)c2)C2C=CC=C2)c1.CN.CN.CN. The van der Waals surface area contributed by atoms with Gasteiger partial charge in [-0.1, -0.05) is 236 Å². The van der Waals surface area contributed by atoms with E-state index in [-0.39, 0.29) is 0 Å². The smallest absolute Gasteiger partial charge is 0.158 e. The summed E-state index contributed by atoms with van der Waals surface area (Å²) in [4.78, 5) is 0. The molecule has 0 aromatic heterocycles. The molecule has 0 radical (unpaired) electrons. The van der Waals surface area contributed by atoms with Crippen LogP contribution in [0.2, 0.25) is 5.54 Å². The molecule has 0 amide bonds. The third-order valence-electron chi connectivity index (χ3n) is 13.7. The molecule has 0 unspecified atom stereocenters. The first-order valence-electron chi connectivity index (χ1n) is 28.0. The van der Waals surface area contributed by atoms with Crippen LogP contribution in [0.1, 0.15) is 229 Å². The molecule has 6 N–H and O–H groups in total. The van der Waals surface area contributed by atoms with Gasteiger partial charge < -0.3 is 17.2 Å². The van der Waals surface area contributed by atoms with Crippen molar-refractivity contribution in [2.45, 2.75) is 240 Å². The molecule has 0 saturated heterocycles. The van der Waals surface area contributed by atoms with Crippen LogP contribution in [0.4, 0.5) is 0 Å². The molecular formula is C62H107N3Si. The monoisotopic (exact) mass is 922 g/mol. The Morgan fingerprint density at radius 3 is 0.667 bits per heavy atom. The molecule has 3 nitrogen and oxygen atoms in total. The van der Waals surface area contributed by atoms with Crippen molar-refractivity contribution in [1.82, 2.24) is 0 Å². The van der Waals surface area contributed by atoms with E-state index in [1.807, 2.05) is 0 Å². The molecule has 1 aliphatic rings. The average Bonchev–Trinajstić information content (AvgIpc) is 3.90. The van der Waals surface area contributed by atoms with Crippen molar-refractivity contribution in [3.63, 3.8) is 0 Å². The number of hydrogen-bond acceptors (Lipinski definition) is 3. The Hall–Kier alpha value is -2.76. The van der Waals surface area contributed by atoms with Crippen LogP contribution in [0, 0.1) is 0 Å². The van der Waals surface area contributed by atoms with Gasteiger partial charge in [-0.25, -0.2) is 0 Å². The summed E-state index contributed by atoms with van der Waals surface area (Å²) in [5.41, 5.74) is 23.5. The zero-order valence-electron chi connectivity index (χ0n) is 45.0. The van der Waals surface area contributed by atoms with Crippen LogP contribution in [-0.4, -0.2) is 29.2 Å². The standard InChI is InChI=1S/C59H92Si.3CH5N/c1-7-13-19-25-33-50-41-51(34-26-20-14-8-2)45-57(44-50)60(56-39-31-32-40-56,58-46-52(35-27-21-15-9-3)42-53(47-58)36-28-22-16-10-4)59-48-54(37-29-23-17-11-5)43-55(49-59)38-30-24-18-12-6;3*1-2/h31-32,39-49,56H,7-30,33-38H2,1-6H3;3*2H2,1H3. The number of hydrogen-bond donors (Lipinski definition) is 3. The van der Waals surface area contributed by atoms with Gasteiger partial charge in [0.2, 0.25) is 0 Å². The van der Waals surface area contributed by atoms with E-state index in [9.17, 15) is 0 Å². The minimum absolute atomic E-state index is 0.396. The quantitative estimate of drug-likeness (QED) is 0.0317. The molecule has 66 heavy (non-hydrogen) atoms. The fourth-order valence-corrected chi connectivity index (χ4v) is 15.6. The van der Waals surface area contributed by atoms with E-state index < -0.39 is 8.07 Å². The number of aryl methyl sites for hydroxylation is 6. The molecule has 0 fully saturated rings. The minimum Gasteiger partial charge on any atom is -0.333 e. The van der Waals surface area contributed by atoms with Crippen LogP contribution in [0.5, 0.6) is 0 Å². The maximum absolute atomic E-state index is 4.50. The van der Waals surface area contributed by atoms with E-state index in [4.69, 9.17) is 0 Å². The fourth-order valence-electron chi connectivity index (χ4n) is 10.2. The summed E-state index contributed by atoms with van der Waals surface area (Å²) in [5, 5.41) is 5.05. The highest BCUT2D eigenvalue weighted by Gasteiger charge is 2.46. The van der Waals surface area contributed by atoms with Crippen LogP contribution in [-0.2, 0) is 38.5 Å². The summed E-state index contributed by atoms with van der Waals surface area (Å²) in [6.07, 6.45) is 49.0. The van der Waals surface area contributed by atoms with Crippen LogP contribution in [0.15, 0.2) is 78.9 Å². The van der Waals surface area contributed by atoms with Gasteiger partial charge in [-0.3, -0.25) is 0 Å². The van der Waals surface area contributed by atoms with Crippen LogP contribution in [0.3, 0.4) is 0 Å². The van der Waals surface area contributed by atoms with Crippen molar-refractivity contribution in [1.29, 1.82) is 0 Å². The van der Waals surface area contributed by atoms with Gasteiger partial charge >= 0.3 is 0 Å². The molecule has 0 saturated carbocycles. The van der Waals surface area contributed by atoms with Gasteiger partial charge in [0.15, 0.2) is 8.07 Å². The van der Waals surface area contributed by atoms with Crippen molar-refractivity contribution >= 4 is 23.6 Å². The number of nitrogens with two attached hydrogens (primary N) is 3. The maximum atomic E-state index is 4.50. The van der Waals surface area contributed by atoms with E-state index in [0.717, 1.165) is 0 Å². The molecule has 3 aromatic carbocycles. The normalized spacial score (nSPS) is 12.1. The number of rotatable bonds is 34. The zero-order valence-corrected chi connectivity index (χ0v) is 46.0. The van der Waals surface area contributed by atoms with Crippen molar-refractivity contribution in [2.75, 3.05) is 21.1 Å². The summed E-state index contributed by atoms with van der Waals surface area (Å²) in [5.74, 6) is 0. The summed E-state index contributed by atoms with van der Waals surface area (Å²) in [7, 11) is 1.82. The van der Waals surface area contributed by atoms with E-state index in [2.05, 4.69) is 138 Å². The average molecular weight is 923 g/mol. The number of allylic oxidation sites excluding steroid dienone is 4. The third kappa shape index (κ3) is 22.1. The Bertz CT molecular complexity index is 1400. The lowest BCUT2D eigenvalue weighted by Crippen LogP contribution is -2.69.